The molecule has 0 aliphatic carbocycles. The first-order valence-corrected chi connectivity index (χ1v) is 11.4. The van der Waals surface area contributed by atoms with Crippen LogP contribution in [0.2, 0.25) is 0 Å². The van der Waals surface area contributed by atoms with Crippen LogP contribution in [0, 0.1) is 5.92 Å². The van der Waals surface area contributed by atoms with E-state index in [4.69, 9.17) is 4.74 Å². The molecule has 0 aromatic rings. The van der Waals surface area contributed by atoms with Gasteiger partial charge in [-0.3, -0.25) is 4.79 Å². The normalized spacial score (nSPS) is 11.2. The molecule has 0 aromatic carbocycles. The van der Waals surface area contributed by atoms with Crippen molar-refractivity contribution in [3.8, 4) is 0 Å². The summed E-state index contributed by atoms with van der Waals surface area (Å²) in [5, 5.41) is 0. The number of esters is 1. The van der Waals surface area contributed by atoms with Crippen LogP contribution in [-0.4, -0.2) is 12.6 Å². The van der Waals surface area contributed by atoms with E-state index < -0.39 is 0 Å². The summed E-state index contributed by atoms with van der Waals surface area (Å²) < 4.78 is 5.47. The molecule has 0 atom stereocenters. The number of rotatable bonds is 19. The predicted octanol–water partition coefficient (Wildman–Crippen LogP) is 7.84. The summed E-state index contributed by atoms with van der Waals surface area (Å²) in [5.41, 5.74) is 0. The second-order valence-corrected chi connectivity index (χ2v) is 7.74. The minimum Gasteiger partial charge on any atom is -0.466 e. The Morgan fingerprint density at radius 3 is 1.64 bits per heavy atom. The van der Waals surface area contributed by atoms with E-state index in [9.17, 15) is 4.79 Å². The summed E-state index contributed by atoms with van der Waals surface area (Å²) in [6, 6.07) is 0. The lowest BCUT2D eigenvalue weighted by Gasteiger charge is -2.17. The Bertz CT molecular complexity index is 261. The lowest BCUT2D eigenvalue weighted by Crippen LogP contribution is -2.10. The molecule has 0 unspecified atom stereocenters. The minimum atomic E-state index is 0.0121. The number of carbonyl (C=O) groups excluding carboxylic acids is 1. The highest BCUT2D eigenvalue weighted by Crippen LogP contribution is 2.22. The standard InChI is InChI=1S/C23H46O2/c1-4-7-10-12-15-17-22(18-16-13-11-8-5-2)20-21-25-23(24)19-14-9-6-3/h22H,4-21H2,1-3H3. The van der Waals surface area contributed by atoms with Crippen molar-refractivity contribution in [2.75, 3.05) is 6.61 Å². The number of hydrogen-bond donors (Lipinski definition) is 0. The second-order valence-electron chi connectivity index (χ2n) is 7.74. The van der Waals surface area contributed by atoms with Crippen LogP contribution < -0.4 is 0 Å². The van der Waals surface area contributed by atoms with E-state index in [0.717, 1.165) is 31.6 Å². The quantitative estimate of drug-likeness (QED) is 0.174. The van der Waals surface area contributed by atoms with Crippen molar-refractivity contribution in [3.63, 3.8) is 0 Å². The molecule has 0 saturated heterocycles. The molecule has 25 heavy (non-hydrogen) atoms. The Hall–Kier alpha value is -0.530. The molecule has 0 radical (unpaired) electrons. The summed E-state index contributed by atoms with van der Waals surface area (Å²) in [7, 11) is 0. The monoisotopic (exact) mass is 354 g/mol. The van der Waals surface area contributed by atoms with E-state index >= 15 is 0 Å². The Morgan fingerprint density at radius 1 is 0.640 bits per heavy atom. The predicted molar refractivity (Wildman–Crippen MR) is 110 cm³/mol. The molecule has 0 aliphatic rings. The molecule has 150 valence electrons. The molecule has 0 rings (SSSR count). The van der Waals surface area contributed by atoms with Gasteiger partial charge in [0.1, 0.15) is 0 Å². The first kappa shape index (κ1) is 24.5. The zero-order chi connectivity index (χ0) is 18.6. The third kappa shape index (κ3) is 18.1. The van der Waals surface area contributed by atoms with Crippen LogP contribution in [0.4, 0.5) is 0 Å². The Kier molecular flexibility index (Phi) is 19.4. The number of unbranched alkanes of at least 4 members (excludes halogenated alkanes) is 10. The maximum absolute atomic E-state index is 11.7. The van der Waals surface area contributed by atoms with Crippen LogP contribution in [0.1, 0.15) is 130 Å². The van der Waals surface area contributed by atoms with Crippen LogP contribution in [0.3, 0.4) is 0 Å². The van der Waals surface area contributed by atoms with Gasteiger partial charge in [0.15, 0.2) is 0 Å². The fourth-order valence-corrected chi connectivity index (χ4v) is 3.44. The lowest BCUT2D eigenvalue weighted by atomic mass is 9.92. The van der Waals surface area contributed by atoms with Crippen molar-refractivity contribution >= 4 is 5.97 Å². The summed E-state index contributed by atoms with van der Waals surface area (Å²) in [6.45, 7) is 7.35. The fraction of sp³-hybridized carbons (Fsp3) is 0.957. The first-order chi connectivity index (χ1) is 12.2. The van der Waals surface area contributed by atoms with Crippen molar-refractivity contribution in [1.82, 2.24) is 0 Å². The average molecular weight is 355 g/mol. The third-order valence-electron chi connectivity index (χ3n) is 5.21. The van der Waals surface area contributed by atoms with Crippen LogP contribution in [0.15, 0.2) is 0 Å². The van der Waals surface area contributed by atoms with Crippen molar-refractivity contribution in [2.45, 2.75) is 130 Å². The van der Waals surface area contributed by atoms with Crippen LogP contribution in [0.25, 0.3) is 0 Å². The van der Waals surface area contributed by atoms with Crippen molar-refractivity contribution < 1.29 is 9.53 Å². The van der Waals surface area contributed by atoms with Gasteiger partial charge >= 0.3 is 5.97 Å². The topological polar surface area (TPSA) is 26.3 Å². The van der Waals surface area contributed by atoms with Gasteiger partial charge in [0.2, 0.25) is 0 Å². The molecular weight excluding hydrogens is 308 g/mol. The van der Waals surface area contributed by atoms with Crippen molar-refractivity contribution in [3.05, 3.63) is 0 Å². The second kappa shape index (κ2) is 19.8. The zero-order valence-electron chi connectivity index (χ0n) is 17.6. The smallest absolute Gasteiger partial charge is 0.305 e. The van der Waals surface area contributed by atoms with Gasteiger partial charge in [-0.05, 0) is 18.8 Å². The number of hydrogen-bond acceptors (Lipinski definition) is 2. The van der Waals surface area contributed by atoms with Gasteiger partial charge < -0.3 is 4.74 Å². The number of ether oxygens (including phenoxy) is 1. The molecule has 0 aliphatic heterocycles. The summed E-state index contributed by atoms with van der Waals surface area (Å²) >= 11 is 0. The molecular formula is C23H46O2. The van der Waals surface area contributed by atoms with E-state index in [-0.39, 0.29) is 5.97 Å². The van der Waals surface area contributed by atoms with Crippen molar-refractivity contribution in [2.24, 2.45) is 5.92 Å². The molecule has 0 aromatic heterocycles. The summed E-state index contributed by atoms with van der Waals surface area (Å²) in [6.07, 6.45) is 21.2. The average Bonchev–Trinajstić information content (AvgIpc) is 2.61. The molecule has 0 N–H and O–H groups in total. The van der Waals surface area contributed by atoms with Gasteiger partial charge in [0, 0.05) is 6.42 Å². The van der Waals surface area contributed by atoms with Gasteiger partial charge in [-0.1, -0.05) is 111 Å². The Balaban J connectivity index is 3.91. The highest BCUT2D eigenvalue weighted by atomic mass is 16.5. The molecule has 0 amide bonds. The molecule has 0 spiro atoms. The summed E-state index contributed by atoms with van der Waals surface area (Å²) in [4.78, 5) is 11.7. The molecule has 0 saturated carbocycles. The largest absolute Gasteiger partial charge is 0.466 e. The zero-order valence-corrected chi connectivity index (χ0v) is 17.6. The van der Waals surface area contributed by atoms with Crippen LogP contribution >= 0.6 is 0 Å². The van der Waals surface area contributed by atoms with Gasteiger partial charge in [0.25, 0.3) is 0 Å². The maximum atomic E-state index is 11.7. The van der Waals surface area contributed by atoms with Gasteiger partial charge in [-0.15, -0.1) is 0 Å². The highest BCUT2D eigenvalue weighted by Gasteiger charge is 2.10. The Labute approximate surface area is 158 Å². The van der Waals surface area contributed by atoms with Gasteiger partial charge in [0.05, 0.1) is 6.61 Å². The van der Waals surface area contributed by atoms with Crippen molar-refractivity contribution in [1.29, 1.82) is 0 Å². The fourth-order valence-electron chi connectivity index (χ4n) is 3.44. The lowest BCUT2D eigenvalue weighted by molar-refractivity contribution is -0.144. The minimum absolute atomic E-state index is 0.0121. The number of carbonyl (C=O) groups is 1. The van der Waals surface area contributed by atoms with Gasteiger partial charge in [-0.2, -0.15) is 0 Å². The van der Waals surface area contributed by atoms with E-state index in [1.54, 1.807) is 0 Å². The Morgan fingerprint density at radius 2 is 1.12 bits per heavy atom. The maximum Gasteiger partial charge on any atom is 0.305 e. The molecule has 2 nitrogen and oxygen atoms in total. The molecule has 0 heterocycles. The molecule has 0 fully saturated rings. The SMILES string of the molecule is CCCCCCCC(CCCCCCC)CCOC(=O)CCCCC. The van der Waals surface area contributed by atoms with Gasteiger partial charge in [-0.25, -0.2) is 0 Å². The van der Waals surface area contributed by atoms with Crippen LogP contribution in [0.5, 0.6) is 0 Å². The third-order valence-corrected chi connectivity index (χ3v) is 5.21. The van der Waals surface area contributed by atoms with E-state index in [1.165, 1.54) is 77.0 Å². The highest BCUT2D eigenvalue weighted by molar-refractivity contribution is 5.69. The molecule has 0 bridgehead atoms. The van der Waals surface area contributed by atoms with E-state index in [0.29, 0.717) is 13.0 Å². The summed E-state index contributed by atoms with van der Waals surface area (Å²) in [5.74, 6) is 0.768. The van der Waals surface area contributed by atoms with E-state index in [2.05, 4.69) is 20.8 Å². The molecule has 2 heteroatoms. The van der Waals surface area contributed by atoms with E-state index in [1.807, 2.05) is 0 Å². The first-order valence-electron chi connectivity index (χ1n) is 11.4. The van der Waals surface area contributed by atoms with Crippen LogP contribution in [-0.2, 0) is 9.53 Å².